The molecule has 0 saturated heterocycles. The molecule has 0 bridgehead atoms. The highest BCUT2D eigenvalue weighted by Crippen LogP contribution is 2.32. The third-order valence-corrected chi connectivity index (χ3v) is 6.18. The molecule has 1 aromatic heterocycles. The van der Waals surface area contributed by atoms with Gasteiger partial charge in [-0.3, -0.25) is 9.69 Å². The lowest BCUT2D eigenvalue weighted by molar-refractivity contribution is -0.114. The third kappa shape index (κ3) is 6.05. The molecule has 160 valence electrons. The van der Waals surface area contributed by atoms with Gasteiger partial charge in [0, 0.05) is 17.6 Å². The number of amides is 1. The first-order valence-electron chi connectivity index (χ1n) is 9.62. The summed E-state index contributed by atoms with van der Waals surface area (Å²) in [5.74, 6) is -0.0860. The van der Waals surface area contributed by atoms with Gasteiger partial charge in [0.25, 0.3) is 5.91 Å². The molecule has 7 heteroatoms. The van der Waals surface area contributed by atoms with Crippen LogP contribution in [0.4, 0.5) is 5.13 Å². The average Bonchev–Trinajstić information content (AvgIpc) is 3.08. The molecular formula is C23H27Cl2N3OS. The van der Waals surface area contributed by atoms with Crippen LogP contribution in [0.15, 0.2) is 42.5 Å². The molecule has 0 radical (unpaired) electrons. The Labute approximate surface area is 193 Å². The highest BCUT2D eigenvalue weighted by Gasteiger charge is 2.18. The molecule has 2 aromatic carbocycles. The maximum Gasteiger partial charge on any atom is 0.252 e. The van der Waals surface area contributed by atoms with Crippen LogP contribution in [0.25, 0.3) is 16.3 Å². The minimum Gasteiger partial charge on any atom is -0.309 e. The maximum absolute atomic E-state index is 13.1. The molecule has 0 fully saturated rings. The van der Waals surface area contributed by atoms with Gasteiger partial charge in [-0.1, -0.05) is 47.2 Å². The molecule has 0 N–H and O–H groups in total. The molecule has 3 aromatic rings. The zero-order chi connectivity index (χ0) is 21.0. The number of aryl methyl sites for hydroxylation is 2. The lowest BCUT2D eigenvalue weighted by Crippen LogP contribution is -2.32. The molecule has 3 rings (SSSR count). The van der Waals surface area contributed by atoms with E-state index in [0.717, 1.165) is 33.9 Å². The minimum absolute atomic E-state index is 0. The normalized spacial score (nSPS) is 11.3. The first-order chi connectivity index (χ1) is 13.8. The van der Waals surface area contributed by atoms with Crippen LogP contribution in [0.1, 0.15) is 23.1 Å². The highest BCUT2D eigenvalue weighted by atomic mass is 35.5. The number of anilines is 1. The summed E-state index contributed by atoms with van der Waals surface area (Å²) < 4.78 is 1.13. The van der Waals surface area contributed by atoms with Crippen LogP contribution in [-0.2, 0) is 4.79 Å². The minimum atomic E-state index is -0.0860. The number of nitrogens with zero attached hydrogens (tertiary/aromatic N) is 3. The van der Waals surface area contributed by atoms with Crippen LogP contribution in [0.2, 0.25) is 5.02 Å². The predicted molar refractivity (Wildman–Crippen MR) is 132 cm³/mol. The van der Waals surface area contributed by atoms with E-state index in [0.29, 0.717) is 11.6 Å². The highest BCUT2D eigenvalue weighted by molar-refractivity contribution is 7.22. The molecule has 30 heavy (non-hydrogen) atoms. The summed E-state index contributed by atoms with van der Waals surface area (Å²) in [7, 11) is 4.07. The Morgan fingerprint density at radius 2 is 1.90 bits per heavy atom. The molecule has 0 spiro atoms. The summed E-state index contributed by atoms with van der Waals surface area (Å²) in [5.41, 5.74) is 4.14. The van der Waals surface area contributed by atoms with E-state index in [1.165, 1.54) is 11.1 Å². The predicted octanol–water partition coefficient (Wildman–Crippen LogP) is 5.99. The molecule has 0 aliphatic rings. The summed E-state index contributed by atoms with van der Waals surface area (Å²) in [6.07, 6.45) is 4.22. The SMILES string of the molecule is Cc1cc(C)c2sc(N(CCCN(C)C)C(=O)C=Cc3ccccc3Cl)nc2c1.Cl. The molecule has 1 heterocycles. The number of fused-ring (bicyclic) bond motifs is 1. The molecule has 0 saturated carbocycles. The molecular weight excluding hydrogens is 437 g/mol. The van der Waals surface area contributed by atoms with Crippen LogP contribution in [0, 0.1) is 13.8 Å². The number of thiazole rings is 1. The summed E-state index contributed by atoms with van der Waals surface area (Å²) >= 11 is 7.79. The van der Waals surface area contributed by atoms with E-state index >= 15 is 0 Å². The maximum atomic E-state index is 13.1. The molecule has 0 aliphatic heterocycles. The van der Waals surface area contributed by atoms with Crippen LogP contribution in [0.3, 0.4) is 0 Å². The Bertz CT molecular complexity index is 1050. The largest absolute Gasteiger partial charge is 0.309 e. The zero-order valence-electron chi connectivity index (χ0n) is 17.7. The van der Waals surface area contributed by atoms with Crippen LogP contribution in [0.5, 0.6) is 0 Å². The van der Waals surface area contributed by atoms with Crippen molar-refractivity contribution in [3.8, 4) is 0 Å². The Kier molecular flexibility index (Phi) is 8.86. The summed E-state index contributed by atoms with van der Waals surface area (Å²) in [4.78, 5) is 21.8. The van der Waals surface area contributed by atoms with E-state index in [4.69, 9.17) is 16.6 Å². The second-order valence-corrected chi connectivity index (χ2v) is 8.81. The quantitative estimate of drug-likeness (QED) is 0.403. The third-order valence-electron chi connectivity index (χ3n) is 4.60. The second kappa shape index (κ2) is 10.9. The Morgan fingerprint density at radius 3 is 2.60 bits per heavy atom. The van der Waals surface area contributed by atoms with Crippen LogP contribution < -0.4 is 4.90 Å². The van der Waals surface area contributed by atoms with Crippen molar-refractivity contribution in [3.05, 3.63) is 64.2 Å². The topological polar surface area (TPSA) is 36.4 Å². The van der Waals surface area contributed by atoms with Crippen LogP contribution >= 0.6 is 35.3 Å². The van der Waals surface area contributed by atoms with Crippen molar-refractivity contribution in [2.75, 3.05) is 32.1 Å². The van der Waals surface area contributed by atoms with E-state index in [1.54, 1.807) is 28.4 Å². The fraction of sp³-hybridized carbons (Fsp3) is 0.304. The van der Waals surface area contributed by atoms with Gasteiger partial charge in [-0.05, 0) is 75.8 Å². The number of carbonyl (C=O) groups is 1. The van der Waals surface area contributed by atoms with Gasteiger partial charge in [0.2, 0.25) is 0 Å². The van der Waals surface area contributed by atoms with E-state index in [9.17, 15) is 4.79 Å². The lowest BCUT2D eigenvalue weighted by Gasteiger charge is -2.19. The number of halogens is 2. The van der Waals surface area contributed by atoms with Gasteiger partial charge in [-0.25, -0.2) is 4.98 Å². The molecule has 0 aliphatic carbocycles. The number of hydrogen-bond donors (Lipinski definition) is 0. The fourth-order valence-electron chi connectivity index (χ4n) is 3.19. The van der Waals surface area contributed by atoms with Crippen LogP contribution in [-0.4, -0.2) is 43.0 Å². The van der Waals surface area contributed by atoms with Crippen molar-refractivity contribution in [2.45, 2.75) is 20.3 Å². The molecule has 0 unspecified atom stereocenters. The number of carbonyl (C=O) groups excluding carboxylic acids is 1. The zero-order valence-corrected chi connectivity index (χ0v) is 20.1. The van der Waals surface area contributed by atoms with Crippen molar-refractivity contribution >= 4 is 62.7 Å². The lowest BCUT2D eigenvalue weighted by atomic mass is 10.1. The molecule has 4 nitrogen and oxygen atoms in total. The monoisotopic (exact) mass is 463 g/mol. The Balaban J connectivity index is 0.00000320. The molecule has 0 atom stereocenters. The first kappa shape index (κ1) is 24.4. The van der Waals surface area contributed by atoms with Crippen molar-refractivity contribution in [1.29, 1.82) is 0 Å². The van der Waals surface area contributed by atoms with E-state index in [2.05, 4.69) is 30.9 Å². The summed E-state index contributed by atoms with van der Waals surface area (Å²) in [6.45, 7) is 5.67. The summed E-state index contributed by atoms with van der Waals surface area (Å²) in [6, 6.07) is 11.7. The summed E-state index contributed by atoms with van der Waals surface area (Å²) in [5, 5.41) is 1.36. The number of aromatic nitrogens is 1. The number of benzene rings is 2. The van der Waals surface area contributed by atoms with Gasteiger partial charge in [-0.15, -0.1) is 12.4 Å². The van der Waals surface area contributed by atoms with Gasteiger partial charge in [0.05, 0.1) is 10.2 Å². The molecule has 1 amide bonds. The fourth-order valence-corrected chi connectivity index (χ4v) is 4.43. The van der Waals surface area contributed by atoms with E-state index in [1.807, 2.05) is 38.4 Å². The van der Waals surface area contributed by atoms with Gasteiger partial charge in [0.1, 0.15) is 0 Å². The number of rotatable bonds is 7. The van der Waals surface area contributed by atoms with Crippen molar-refractivity contribution in [1.82, 2.24) is 9.88 Å². The Morgan fingerprint density at radius 1 is 1.17 bits per heavy atom. The van der Waals surface area contributed by atoms with Crippen molar-refractivity contribution in [3.63, 3.8) is 0 Å². The van der Waals surface area contributed by atoms with Gasteiger partial charge in [0.15, 0.2) is 5.13 Å². The standard InChI is InChI=1S/C23H26ClN3OS.ClH/c1-16-14-17(2)22-20(15-16)25-23(29-22)27(13-7-12-26(3)4)21(28)11-10-18-8-5-6-9-19(18)24;/h5-6,8-11,14-15H,7,12-13H2,1-4H3;1H. The average molecular weight is 464 g/mol. The van der Waals surface area contributed by atoms with Gasteiger partial charge < -0.3 is 4.90 Å². The van der Waals surface area contributed by atoms with E-state index < -0.39 is 0 Å². The van der Waals surface area contributed by atoms with E-state index in [-0.39, 0.29) is 18.3 Å². The number of hydrogen-bond acceptors (Lipinski definition) is 4. The van der Waals surface area contributed by atoms with Gasteiger partial charge in [-0.2, -0.15) is 0 Å². The second-order valence-electron chi connectivity index (χ2n) is 7.43. The first-order valence-corrected chi connectivity index (χ1v) is 10.8. The Hall–Kier alpha value is -1.92. The smallest absolute Gasteiger partial charge is 0.252 e. The van der Waals surface area contributed by atoms with Crippen molar-refractivity contribution in [2.24, 2.45) is 0 Å². The van der Waals surface area contributed by atoms with Gasteiger partial charge >= 0.3 is 0 Å². The van der Waals surface area contributed by atoms with Crippen molar-refractivity contribution < 1.29 is 4.79 Å².